The maximum atomic E-state index is 4.52. The lowest BCUT2D eigenvalue weighted by Crippen LogP contribution is -2.44. The summed E-state index contributed by atoms with van der Waals surface area (Å²) in [5, 5.41) is 4.64. The molecule has 6 nitrogen and oxygen atoms in total. The molecule has 0 radical (unpaired) electrons. The number of anilines is 3. The van der Waals surface area contributed by atoms with E-state index in [9.17, 15) is 0 Å². The van der Waals surface area contributed by atoms with Crippen LogP contribution < -0.4 is 10.2 Å². The number of fused-ring (bicyclic) bond motifs is 1. The van der Waals surface area contributed by atoms with Gasteiger partial charge in [-0.15, -0.1) is 0 Å². The van der Waals surface area contributed by atoms with Crippen molar-refractivity contribution in [3.63, 3.8) is 0 Å². The van der Waals surface area contributed by atoms with E-state index in [2.05, 4.69) is 73.5 Å². The molecule has 0 amide bonds. The number of piperazine rings is 1. The van der Waals surface area contributed by atoms with Crippen LogP contribution in [0.1, 0.15) is 0 Å². The SMILES string of the molecule is CN1CCN(c2ccc(Nc3ccnc4ccc(-c5cncnc5)cc34)cc2)CC1. The summed E-state index contributed by atoms with van der Waals surface area (Å²) in [6.07, 6.45) is 7.04. The summed E-state index contributed by atoms with van der Waals surface area (Å²) in [7, 11) is 2.18. The van der Waals surface area contributed by atoms with Crippen LogP contribution in [0.4, 0.5) is 17.1 Å². The summed E-state index contributed by atoms with van der Waals surface area (Å²) < 4.78 is 0. The second-order valence-electron chi connectivity index (χ2n) is 7.68. The lowest BCUT2D eigenvalue weighted by molar-refractivity contribution is 0.313. The number of nitrogens with one attached hydrogen (secondary N) is 1. The van der Waals surface area contributed by atoms with Crippen LogP contribution >= 0.6 is 0 Å². The van der Waals surface area contributed by atoms with E-state index >= 15 is 0 Å². The summed E-state index contributed by atoms with van der Waals surface area (Å²) in [5.41, 5.74) is 6.39. The van der Waals surface area contributed by atoms with Crippen molar-refractivity contribution in [1.82, 2.24) is 19.9 Å². The monoisotopic (exact) mass is 396 g/mol. The van der Waals surface area contributed by atoms with Crippen LogP contribution in [0.3, 0.4) is 0 Å². The van der Waals surface area contributed by atoms with Gasteiger partial charge < -0.3 is 15.1 Å². The van der Waals surface area contributed by atoms with Crippen molar-refractivity contribution in [1.29, 1.82) is 0 Å². The zero-order valence-corrected chi connectivity index (χ0v) is 17.0. The number of rotatable bonds is 4. The molecule has 0 saturated carbocycles. The van der Waals surface area contributed by atoms with E-state index in [1.54, 1.807) is 6.33 Å². The molecule has 1 aliphatic rings. The van der Waals surface area contributed by atoms with Gasteiger partial charge in [-0.1, -0.05) is 6.07 Å². The molecule has 0 unspecified atom stereocenters. The van der Waals surface area contributed by atoms with Gasteiger partial charge in [-0.2, -0.15) is 0 Å². The van der Waals surface area contributed by atoms with E-state index < -0.39 is 0 Å². The molecule has 0 spiro atoms. The number of pyridine rings is 1. The Hall–Kier alpha value is -3.51. The van der Waals surface area contributed by atoms with Crippen molar-refractivity contribution in [2.45, 2.75) is 0 Å². The minimum atomic E-state index is 0.953. The van der Waals surface area contributed by atoms with Crippen LogP contribution in [-0.2, 0) is 0 Å². The summed E-state index contributed by atoms with van der Waals surface area (Å²) in [6, 6.07) is 16.9. The van der Waals surface area contributed by atoms with Crippen LogP contribution in [0.2, 0.25) is 0 Å². The van der Waals surface area contributed by atoms with Crippen LogP contribution in [-0.4, -0.2) is 53.1 Å². The summed E-state index contributed by atoms with van der Waals surface area (Å²) in [5.74, 6) is 0. The largest absolute Gasteiger partial charge is 0.369 e. The molecule has 4 aromatic rings. The number of hydrogen-bond acceptors (Lipinski definition) is 6. The third-order valence-corrected chi connectivity index (χ3v) is 5.65. The van der Waals surface area contributed by atoms with E-state index in [0.717, 1.165) is 59.6 Å². The van der Waals surface area contributed by atoms with Crippen molar-refractivity contribution in [3.8, 4) is 11.1 Å². The molecule has 2 aromatic heterocycles. The number of aromatic nitrogens is 3. The molecule has 3 heterocycles. The average molecular weight is 396 g/mol. The molecule has 0 atom stereocenters. The molecule has 1 saturated heterocycles. The minimum Gasteiger partial charge on any atom is -0.369 e. The number of likely N-dealkylation sites (N-methyl/N-ethyl adjacent to an activating group) is 1. The van der Waals surface area contributed by atoms with Crippen LogP contribution in [0.15, 0.2) is 73.4 Å². The smallest absolute Gasteiger partial charge is 0.115 e. The first-order valence-electron chi connectivity index (χ1n) is 10.2. The maximum absolute atomic E-state index is 4.52. The lowest BCUT2D eigenvalue weighted by Gasteiger charge is -2.34. The van der Waals surface area contributed by atoms with Gasteiger partial charge in [0.15, 0.2) is 0 Å². The van der Waals surface area contributed by atoms with E-state index in [4.69, 9.17) is 0 Å². The molecule has 1 aliphatic heterocycles. The van der Waals surface area contributed by atoms with Crippen molar-refractivity contribution < 1.29 is 0 Å². The highest BCUT2D eigenvalue weighted by molar-refractivity contribution is 5.95. The Balaban J connectivity index is 1.41. The first-order chi connectivity index (χ1) is 14.8. The molecule has 0 aliphatic carbocycles. The Labute approximate surface area is 176 Å². The maximum Gasteiger partial charge on any atom is 0.115 e. The second kappa shape index (κ2) is 8.08. The quantitative estimate of drug-likeness (QED) is 0.558. The van der Waals surface area contributed by atoms with Gasteiger partial charge in [-0.3, -0.25) is 4.98 Å². The number of hydrogen-bond donors (Lipinski definition) is 1. The summed E-state index contributed by atoms with van der Waals surface area (Å²) >= 11 is 0. The van der Waals surface area contributed by atoms with Gasteiger partial charge >= 0.3 is 0 Å². The molecule has 1 N–H and O–H groups in total. The third-order valence-electron chi connectivity index (χ3n) is 5.65. The van der Waals surface area contributed by atoms with Gasteiger partial charge in [0.2, 0.25) is 0 Å². The van der Waals surface area contributed by atoms with Crippen molar-refractivity contribution in [2.75, 3.05) is 43.4 Å². The standard InChI is InChI=1S/C24H24N6/c1-29-10-12-30(13-11-29)21-5-3-20(4-6-21)28-24-8-9-27-23-7-2-18(14-22(23)24)19-15-25-17-26-16-19/h2-9,14-17H,10-13H2,1H3,(H,27,28). The Bertz CT molecular complexity index is 1140. The fourth-order valence-corrected chi connectivity index (χ4v) is 3.86. The van der Waals surface area contributed by atoms with Gasteiger partial charge in [-0.05, 0) is 55.1 Å². The van der Waals surface area contributed by atoms with E-state index in [1.807, 2.05) is 30.7 Å². The second-order valence-corrected chi connectivity index (χ2v) is 7.68. The van der Waals surface area contributed by atoms with Crippen molar-refractivity contribution in [3.05, 3.63) is 73.4 Å². The molecule has 1 fully saturated rings. The highest BCUT2D eigenvalue weighted by atomic mass is 15.2. The van der Waals surface area contributed by atoms with Gasteiger partial charge in [0.05, 0.1) is 5.52 Å². The van der Waals surface area contributed by atoms with Crippen LogP contribution in [0.5, 0.6) is 0 Å². The van der Waals surface area contributed by atoms with Crippen molar-refractivity contribution in [2.24, 2.45) is 0 Å². The summed E-state index contributed by atoms with van der Waals surface area (Å²) in [6.45, 7) is 4.37. The molecular formula is C24H24N6. The predicted octanol–water partition coefficient (Wildman–Crippen LogP) is 4.19. The minimum absolute atomic E-state index is 0.953. The first-order valence-corrected chi connectivity index (χ1v) is 10.2. The zero-order valence-electron chi connectivity index (χ0n) is 17.0. The molecule has 0 bridgehead atoms. The number of benzene rings is 2. The molecule has 2 aromatic carbocycles. The zero-order chi connectivity index (χ0) is 20.3. The van der Waals surface area contributed by atoms with E-state index in [0.29, 0.717) is 0 Å². The molecule has 150 valence electrons. The molecule has 6 heteroatoms. The predicted molar refractivity (Wildman–Crippen MR) is 122 cm³/mol. The normalized spacial score (nSPS) is 14.8. The van der Waals surface area contributed by atoms with Crippen LogP contribution in [0.25, 0.3) is 22.0 Å². The van der Waals surface area contributed by atoms with Gasteiger partial charge in [0, 0.05) is 72.8 Å². The van der Waals surface area contributed by atoms with E-state index in [-0.39, 0.29) is 0 Å². The first kappa shape index (κ1) is 18.5. The van der Waals surface area contributed by atoms with Crippen LogP contribution in [0, 0.1) is 0 Å². The van der Waals surface area contributed by atoms with Crippen molar-refractivity contribution >= 4 is 28.0 Å². The molecule has 5 rings (SSSR count). The molecular weight excluding hydrogens is 372 g/mol. The highest BCUT2D eigenvalue weighted by Gasteiger charge is 2.14. The van der Waals surface area contributed by atoms with Gasteiger partial charge in [-0.25, -0.2) is 9.97 Å². The van der Waals surface area contributed by atoms with Gasteiger partial charge in [0.1, 0.15) is 6.33 Å². The Kier molecular flexibility index (Phi) is 4.99. The fourth-order valence-electron chi connectivity index (χ4n) is 3.86. The number of nitrogens with zero attached hydrogens (tertiary/aromatic N) is 5. The Morgan fingerprint density at radius 3 is 2.37 bits per heavy atom. The van der Waals surface area contributed by atoms with E-state index in [1.165, 1.54) is 5.69 Å². The fraction of sp³-hybridized carbons (Fsp3) is 0.208. The Morgan fingerprint density at radius 1 is 0.833 bits per heavy atom. The Morgan fingerprint density at radius 2 is 1.60 bits per heavy atom. The third kappa shape index (κ3) is 3.82. The highest BCUT2D eigenvalue weighted by Crippen LogP contribution is 2.30. The molecule has 30 heavy (non-hydrogen) atoms. The topological polar surface area (TPSA) is 57.2 Å². The average Bonchev–Trinajstić information content (AvgIpc) is 2.81. The van der Waals surface area contributed by atoms with Gasteiger partial charge in [0.25, 0.3) is 0 Å². The summed E-state index contributed by atoms with van der Waals surface area (Å²) in [4.78, 5) is 17.6. The lowest BCUT2D eigenvalue weighted by atomic mass is 10.0.